The molecule has 0 aliphatic heterocycles. The molecule has 2 rings (SSSR count). The van der Waals surface area contributed by atoms with Gasteiger partial charge >= 0.3 is 0 Å². The van der Waals surface area contributed by atoms with Gasteiger partial charge in [-0.1, -0.05) is 11.6 Å². The molecular formula is C14H17N3O. The lowest BCUT2D eigenvalue weighted by Gasteiger charge is -2.12. The van der Waals surface area contributed by atoms with Gasteiger partial charge in [-0.2, -0.15) is 0 Å². The molecule has 0 atom stereocenters. The highest BCUT2D eigenvalue weighted by atomic mass is 16.5. The zero-order valence-electron chi connectivity index (χ0n) is 11.1. The third-order valence-electron chi connectivity index (χ3n) is 2.86. The van der Waals surface area contributed by atoms with Crippen LogP contribution >= 0.6 is 0 Å². The van der Waals surface area contributed by atoms with Crippen molar-refractivity contribution in [2.75, 3.05) is 12.8 Å². The van der Waals surface area contributed by atoms with Gasteiger partial charge < -0.3 is 10.5 Å². The Bertz CT molecular complexity index is 594. The molecule has 0 bridgehead atoms. The van der Waals surface area contributed by atoms with Gasteiger partial charge in [-0.3, -0.25) is 0 Å². The van der Waals surface area contributed by atoms with Crippen molar-refractivity contribution in [1.82, 2.24) is 9.97 Å². The molecule has 0 fully saturated rings. The Morgan fingerprint density at radius 2 is 1.83 bits per heavy atom. The highest BCUT2D eigenvalue weighted by molar-refractivity contribution is 5.78. The van der Waals surface area contributed by atoms with Gasteiger partial charge in [0.05, 0.1) is 18.5 Å². The second-order valence-electron chi connectivity index (χ2n) is 4.32. The van der Waals surface area contributed by atoms with E-state index < -0.39 is 0 Å². The Hall–Kier alpha value is -2.10. The predicted octanol–water partition coefficient (Wildman–Crippen LogP) is 2.66. The number of hydrogen-bond donors (Lipinski definition) is 1. The monoisotopic (exact) mass is 243 g/mol. The number of hydrogen-bond acceptors (Lipinski definition) is 4. The van der Waals surface area contributed by atoms with Crippen molar-refractivity contribution >= 4 is 5.69 Å². The second-order valence-corrected chi connectivity index (χ2v) is 4.32. The first-order valence-electron chi connectivity index (χ1n) is 5.78. The molecule has 2 N–H and O–H groups in total. The Morgan fingerprint density at radius 1 is 1.11 bits per heavy atom. The average Bonchev–Trinajstić information content (AvgIpc) is 2.33. The van der Waals surface area contributed by atoms with Gasteiger partial charge in [-0.15, -0.1) is 0 Å². The summed E-state index contributed by atoms with van der Waals surface area (Å²) in [6, 6.07) is 5.95. The van der Waals surface area contributed by atoms with Crippen LogP contribution in [0, 0.1) is 20.8 Å². The van der Waals surface area contributed by atoms with E-state index in [0.717, 1.165) is 28.3 Å². The normalized spacial score (nSPS) is 10.4. The predicted molar refractivity (Wildman–Crippen MR) is 72.6 cm³/mol. The number of benzene rings is 1. The number of ether oxygens (including phenoxy) is 1. The summed E-state index contributed by atoms with van der Waals surface area (Å²) in [5.74, 6) is 1.48. The number of rotatable bonds is 2. The van der Waals surface area contributed by atoms with Crippen molar-refractivity contribution < 1.29 is 4.74 Å². The van der Waals surface area contributed by atoms with Crippen molar-refractivity contribution in [3.63, 3.8) is 0 Å². The second kappa shape index (κ2) is 4.64. The number of nitrogens with two attached hydrogens (primary N) is 1. The first kappa shape index (κ1) is 12.4. The molecule has 0 saturated heterocycles. The SMILES string of the molecule is COc1ccc(C)cc1-c1nc(C)nc(C)c1N. The summed E-state index contributed by atoms with van der Waals surface area (Å²) >= 11 is 0. The molecule has 18 heavy (non-hydrogen) atoms. The molecule has 0 saturated carbocycles. The van der Waals surface area contributed by atoms with Crippen LogP contribution in [-0.2, 0) is 0 Å². The third-order valence-corrected chi connectivity index (χ3v) is 2.86. The van der Waals surface area contributed by atoms with Crippen molar-refractivity contribution in [2.45, 2.75) is 20.8 Å². The third kappa shape index (κ3) is 2.14. The molecule has 1 heterocycles. The Morgan fingerprint density at radius 3 is 2.50 bits per heavy atom. The molecule has 0 radical (unpaired) electrons. The minimum atomic E-state index is 0.601. The van der Waals surface area contributed by atoms with E-state index in [0.29, 0.717) is 11.5 Å². The van der Waals surface area contributed by atoms with Gasteiger partial charge in [0.15, 0.2) is 0 Å². The first-order valence-corrected chi connectivity index (χ1v) is 5.78. The lowest BCUT2D eigenvalue weighted by atomic mass is 10.1. The van der Waals surface area contributed by atoms with E-state index in [4.69, 9.17) is 10.5 Å². The van der Waals surface area contributed by atoms with E-state index >= 15 is 0 Å². The maximum Gasteiger partial charge on any atom is 0.128 e. The van der Waals surface area contributed by atoms with E-state index in [1.807, 2.05) is 39.0 Å². The van der Waals surface area contributed by atoms with Crippen LogP contribution < -0.4 is 10.5 Å². The number of nitrogens with zero attached hydrogens (tertiary/aromatic N) is 2. The van der Waals surface area contributed by atoms with Crippen LogP contribution in [-0.4, -0.2) is 17.1 Å². The maximum absolute atomic E-state index is 6.08. The Kier molecular flexibility index (Phi) is 3.19. The summed E-state index contributed by atoms with van der Waals surface area (Å²) < 4.78 is 5.37. The molecule has 0 aliphatic rings. The fourth-order valence-electron chi connectivity index (χ4n) is 1.93. The van der Waals surface area contributed by atoms with Crippen LogP contribution in [0.4, 0.5) is 5.69 Å². The molecular weight excluding hydrogens is 226 g/mol. The largest absolute Gasteiger partial charge is 0.496 e. The van der Waals surface area contributed by atoms with E-state index in [1.54, 1.807) is 7.11 Å². The van der Waals surface area contributed by atoms with Crippen LogP contribution in [0.3, 0.4) is 0 Å². The zero-order valence-corrected chi connectivity index (χ0v) is 11.1. The van der Waals surface area contributed by atoms with E-state index in [1.165, 1.54) is 0 Å². The van der Waals surface area contributed by atoms with E-state index in [2.05, 4.69) is 9.97 Å². The molecule has 4 nitrogen and oxygen atoms in total. The van der Waals surface area contributed by atoms with Gasteiger partial charge in [0.1, 0.15) is 17.3 Å². The van der Waals surface area contributed by atoms with Crippen molar-refractivity contribution in [3.8, 4) is 17.0 Å². The van der Waals surface area contributed by atoms with Crippen LogP contribution in [0.2, 0.25) is 0 Å². The minimum Gasteiger partial charge on any atom is -0.496 e. The number of nitrogen functional groups attached to an aromatic ring is 1. The smallest absolute Gasteiger partial charge is 0.128 e. The average molecular weight is 243 g/mol. The van der Waals surface area contributed by atoms with Gasteiger partial charge in [0.25, 0.3) is 0 Å². The standard InChI is InChI=1S/C14H17N3O/c1-8-5-6-12(18-4)11(7-8)14-13(15)9(2)16-10(3)17-14/h5-7H,15H2,1-4H3. The quantitative estimate of drug-likeness (QED) is 0.880. The van der Waals surface area contributed by atoms with Crippen LogP contribution in [0.1, 0.15) is 17.1 Å². The van der Waals surface area contributed by atoms with E-state index in [-0.39, 0.29) is 0 Å². The summed E-state index contributed by atoms with van der Waals surface area (Å²) in [6.45, 7) is 5.77. The van der Waals surface area contributed by atoms with Gasteiger partial charge in [0.2, 0.25) is 0 Å². The van der Waals surface area contributed by atoms with Crippen LogP contribution in [0.5, 0.6) is 5.75 Å². The summed E-state index contributed by atoms with van der Waals surface area (Å²) in [7, 11) is 1.64. The van der Waals surface area contributed by atoms with Crippen molar-refractivity contribution in [3.05, 3.63) is 35.3 Å². The fourth-order valence-corrected chi connectivity index (χ4v) is 1.93. The summed E-state index contributed by atoms with van der Waals surface area (Å²) in [5.41, 5.74) is 10.3. The lowest BCUT2D eigenvalue weighted by molar-refractivity contribution is 0.416. The maximum atomic E-state index is 6.08. The number of methoxy groups -OCH3 is 1. The van der Waals surface area contributed by atoms with Gasteiger partial charge in [-0.25, -0.2) is 9.97 Å². The molecule has 0 amide bonds. The summed E-state index contributed by atoms with van der Waals surface area (Å²) in [4.78, 5) is 8.70. The van der Waals surface area contributed by atoms with Gasteiger partial charge in [-0.05, 0) is 32.9 Å². The summed E-state index contributed by atoms with van der Waals surface area (Å²) in [6.07, 6.45) is 0. The van der Waals surface area contributed by atoms with Crippen molar-refractivity contribution in [2.24, 2.45) is 0 Å². The zero-order chi connectivity index (χ0) is 13.3. The molecule has 1 aromatic heterocycles. The molecule has 0 unspecified atom stereocenters. The minimum absolute atomic E-state index is 0.601. The van der Waals surface area contributed by atoms with E-state index in [9.17, 15) is 0 Å². The molecule has 0 aliphatic carbocycles. The number of anilines is 1. The first-order chi connectivity index (χ1) is 8.52. The highest BCUT2D eigenvalue weighted by Gasteiger charge is 2.13. The Labute approximate surface area is 107 Å². The van der Waals surface area contributed by atoms with Crippen molar-refractivity contribution in [1.29, 1.82) is 0 Å². The molecule has 2 aromatic rings. The molecule has 94 valence electrons. The van der Waals surface area contributed by atoms with Crippen LogP contribution in [0.25, 0.3) is 11.3 Å². The number of aryl methyl sites for hydroxylation is 3. The molecule has 1 aromatic carbocycles. The molecule has 4 heteroatoms. The molecule has 0 spiro atoms. The van der Waals surface area contributed by atoms with Gasteiger partial charge in [0, 0.05) is 5.56 Å². The summed E-state index contributed by atoms with van der Waals surface area (Å²) in [5, 5.41) is 0. The fraction of sp³-hybridized carbons (Fsp3) is 0.286. The topological polar surface area (TPSA) is 61.0 Å². The highest BCUT2D eigenvalue weighted by Crippen LogP contribution is 2.33. The Balaban J connectivity index is 2.72. The van der Waals surface area contributed by atoms with Crippen LogP contribution in [0.15, 0.2) is 18.2 Å². The lowest BCUT2D eigenvalue weighted by Crippen LogP contribution is -2.03. The number of aromatic nitrogens is 2.